The second-order valence-corrected chi connectivity index (χ2v) is 9.73. The molecule has 1 aliphatic rings. The highest BCUT2D eigenvalue weighted by Crippen LogP contribution is 2.32. The molecule has 3 nitrogen and oxygen atoms in total. The average molecular weight is 460 g/mol. The Labute approximate surface area is 195 Å². The number of hydrogen-bond acceptors (Lipinski definition) is 4. The van der Waals surface area contributed by atoms with Crippen molar-refractivity contribution in [3.05, 3.63) is 65.2 Å². The van der Waals surface area contributed by atoms with Gasteiger partial charge < -0.3 is 4.90 Å². The molecule has 0 aromatic heterocycles. The monoisotopic (exact) mass is 459 g/mol. The van der Waals surface area contributed by atoms with Gasteiger partial charge in [-0.3, -0.25) is 0 Å². The first-order chi connectivity index (χ1) is 14.1. The largest absolute Gasteiger partial charge is 0.346 e. The number of amidine groups is 1. The van der Waals surface area contributed by atoms with Gasteiger partial charge in [0.2, 0.25) is 0 Å². The van der Waals surface area contributed by atoms with Gasteiger partial charge in [-0.05, 0) is 41.7 Å². The molecule has 0 spiro atoms. The Bertz CT molecular complexity index is 878. The topological polar surface area (TPSA) is 39.4 Å². The molecule has 3 rings (SSSR count). The fourth-order valence-corrected chi connectivity index (χ4v) is 5.85. The van der Waals surface area contributed by atoms with Gasteiger partial charge in [-0.15, -0.1) is 12.4 Å². The maximum Gasteiger partial charge on any atom is 0.164 e. The molecule has 6 heteroatoms. The molecule has 1 saturated heterocycles. The first-order valence-electron chi connectivity index (χ1n) is 10.2. The van der Waals surface area contributed by atoms with E-state index in [2.05, 4.69) is 62.1 Å². The molecule has 1 fully saturated rings. The molecule has 0 N–H and O–H groups in total. The van der Waals surface area contributed by atoms with Crippen LogP contribution in [0.2, 0.25) is 0 Å². The SMILES string of the molecule is CCc1cc(C#N)ccc1N=C1SC[C@H](CSCc2ccccc2)N1CC(C)C.Cl. The van der Waals surface area contributed by atoms with Crippen molar-refractivity contribution in [2.45, 2.75) is 39.0 Å². The van der Waals surface area contributed by atoms with Crippen molar-refractivity contribution >= 4 is 46.8 Å². The van der Waals surface area contributed by atoms with Crippen LogP contribution < -0.4 is 0 Å². The lowest BCUT2D eigenvalue weighted by Crippen LogP contribution is -2.38. The van der Waals surface area contributed by atoms with Crippen LogP contribution in [0.15, 0.2) is 53.5 Å². The predicted molar refractivity (Wildman–Crippen MR) is 135 cm³/mol. The molecular weight excluding hydrogens is 430 g/mol. The summed E-state index contributed by atoms with van der Waals surface area (Å²) in [4.78, 5) is 7.55. The Hall–Kier alpha value is -1.61. The molecular formula is C24H30ClN3S2. The summed E-state index contributed by atoms with van der Waals surface area (Å²) >= 11 is 3.88. The molecule has 160 valence electrons. The Kier molecular flexibility index (Phi) is 10.1. The highest BCUT2D eigenvalue weighted by atomic mass is 35.5. The summed E-state index contributed by atoms with van der Waals surface area (Å²) in [6, 6.07) is 19.3. The molecule has 2 aromatic rings. The number of halogens is 1. The molecule has 1 aliphatic heterocycles. The second kappa shape index (κ2) is 12.3. The maximum atomic E-state index is 9.17. The van der Waals surface area contributed by atoms with E-state index in [1.54, 1.807) is 0 Å². The number of thioether (sulfide) groups is 2. The van der Waals surface area contributed by atoms with Crippen molar-refractivity contribution in [3.8, 4) is 6.07 Å². The van der Waals surface area contributed by atoms with Crippen LogP contribution in [0.25, 0.3) is 0 Å². The molecule has 0 amide bonds. The van der Waals surface area contributed by atoms with Crippen molar-refractivity contribution in [2.75, 3.05) is 18.1 Å². The van der Waals surface area contributed by atoms with Crippen molar-refractivity contribution in [2.24, 2.45) is 10.9 Å². The van der Waals surface area contributed by atoms with Crippen LogP contribution in [0, 0.1) is 17.2 Å². The molecule has 0 radical (unpaired) electrons. The summed E-state index contributed by atoms with van der Waals surface area (Å²) in [7, 11) is 0. The van der Waals surface area contributed by atoms with E-state index < -0.39 is 0 Å². The summed E-state index contributed by atoms with van der Waals surface area (Å²) in [6.45, 7) is 7.69. The van der Waals surface area contributed by atoms with Gasteiger partial charge in [0, 0.05) is 29.8 Å². The van der Waals surface area contributed by atoms with E-state index >= 15 is 0 Å². The molecule has 1 heterocycles. The zero-order valence-electron chi connectivity index (χ0n) is 17.9. The van der Waals surface area contributed by atoms with Crippen LogP contribution in [0.4, 0.5) is 5.69 Å². The van der Waals surface area contributed by atoms with E-state index in [1.807, 2.05) is 41.7 Å². The van der Waals surface area contributed by atoms with Gasteiger partial charge in [0.1, 0.15) is 0 Å². The Morgan fingerprint density at radius 2 is 2.00 bits per heavy atom. The fraction of sp³-hybridized carbons (Fsp3) is 0.417. The molecule has 30 heavy (non-hydrogen) atoms. The number of benzene rings is 2. The molecule has 0 unspecified atom stereocenters. The van der Waals surface area contributed by atoms with E-state index in [-0.39, 0.29) is 12.4 Å². The third-order valence-electron chi connectivity index (χ3n) is 4.88. The van der Waals surface area contributed by atoms with Crippen LogP contribution in [0.5, 0.6) is 0 Å². The Morgan fingerprint density at radius 3 is 2.67 bits per heavy atom. The predicted octanol–water partition coefficient (Wildman–Crippen LogP) is 6.54. The Balaban J connectivity index is 0.00000320. The summed E-state index contributed by atoms with van der Waals surface area (Å²) in [5, 5.41) is 10.3. The zero-order valence-corrected chi connectivity index (χ0v) is 20.3. The highest BCUT2D eigenvalue weighted by molar-refractivity contribution is 8.14. The average Bonchev–Trinajstić information content (AvgIpc) is 3.09. The summed E-state index contributed by atoms with van der Waals surface area (Å²) in [5.74, 6) is 3.85. The first kappa shape index (κ1) is 24.7. The van der Waals surface area contributed by atoms with E-state index in [4.69, 9.17) is 4.99 Å². The quantitative estimate of drug-likeness (QED) is 0.449. The fourth-order valence-electron chi connectivity index (χ4n) is 3.39. The number of hydrogen-bond donors (Lipinski definition) is 0. The van der Waals surface area contributed by atoms with E-state index in [1.165, 1.54) is 5.56 Å². The third-order valence-corrected chi connectivity index (χ3v) is 7.17. The van der Waals surface area contributed by atoms with E-state index in [0.29, 0.717) is 17.5 Å². The number of nitrogens with zero attached hydrogens (tertiary/aromatic N) is 3. The van der Waals surface area contributed by atoms with Crippen molar-refractivity contribution in [3.63, 3.8) is 0 Å². The van der Waals surface area contributed by atoms with Gasteiger partial charge in [-0.2, -0.15) is 17.0 Å². The lowest BCUT2D eigenvalue weighted by atomic mass is 10.1. The van der Waals surface area contributed by atoms with Gasteiger partial charge >= 0.3 is 0 Å². The third kappa shape index (κ3) is 6.70. The standard InChI is InChI=1S/C24H29N3S2.ClH/c1-4-21-12-20(13-25)10-11-23(21)26-24-27(14-18(2)3)22(17-29-24)16-28-15-19-8-6-5-7-9-19;/h5-12,18,22H,4,14-17H2,1-3H3;1H/t22-;/m0./s1. The minimum atomic E-state index is 0. The summed E-state index contributed by atoms with van der Waals surface area (Å²) < 4.78 is 0. The van der Waals surface area contributed by atoms with Crippen LogP contribution in [-0.2, 0) is 12.2 Å². The van der Waals surface area contributed by atoms with Gasteiger partial charge in [0.15, 0.2) is 5.17 Å². The first-order valence-corrected chi connectivity index (χ1v) is 12.4. The van der Waals surface area contributed by atoms with Gasteiger partial charge in [-0.1, -0.05) is 62.9 Å². The summed E-state index contributed by atoms with van der Waals surface area (Å²) in [5.41, 5.74) is 4.24. The molecule has 0 saturated carbocycles. The summed E-state index contributed by atoms with van der Waals surface area (Å²) in [6.07, 6.45) is 0.882. The zero-order chi connectivity index (χ0) is 20.6. The van der Waals surface area contributed by atoms with Gasteiger partial charge in [-0.25, -0.2) is 4.99 Å². The Morgan fingerprint density at radius 1 is 1.23 bits per heavy atom. The van der Waals surface area contributed by atoms with Crippen LogP contribution in [-0.4, -0.2) is 34.2 Å². The van der Waals surface area contributed by atoms with Crippen molar-refractivity contribution in [1.82, 2.24) is 4.90 Å². The van der Waals surface area contributed by atoms with Crippen molar-refractivity contribution < 1.29 is 0 Å². The van der Waals surface area contributed by atoms with Crippen molar-refractivity contribution in [1.29, 1.82) is 5.26 Å². The van der Waals surface area contributed by atoms with E-state index in [9.17, 15) is 5.26 Å². The van der Waals surface area contributed by atoms with Crippen LogP contribution in [0.1, 0.15) is 37.5 Å². The normalized spacial score (nSPS) is 17.2. The number of nitriles is 1. The highest BCUT2D eigenvalue weighted by Gasteiger charge is 2.30. The maximum absolute atomic E-state index is 9.17. The minimum absolute atomic E-state index is 0. The van der Waals surface area contributed by atoms with Gasteiger partial charge in [0.05, 0.1) is 17.3 Å². The second-order valence-electron chi connectivity index (χ2n) is 7.71. The van der Waals surface area contributed by atoms with Crippen LogP contribution >= 0.6 is 35.9 Å². The smallest absolute Gasteiger partial charge is 0.164 e. The minimum Gasteiger partial charge on any atom is -0.346 e. The number of aliphatic imine (C=N–C) groups is 1. The molecule has 2 aromatic carbocycles. The van der Waals surface area contributed by atoms with Crippen LogP contribution in [0.3, 0.4) is 0 Å². The number of rotatable bonds is 8. The molecule has 1 atom stereocenters. The molecule has 0 aliphatic carbocycles. The lowest BCUT2D eigenvalue weighted by Gasteiger charge is -2.27. The van der Waals surface area contributed by atoms with E-state index in [0.717, 1.165) is 46.6 Å². The lowest BCUT2D eigenvalue weighted by molar-refractivity contribution is 0.332. The van der Waals surface area contributed by atoms with Gasteiger partial charge in [0.25, 0.3) is 0 Å². The number of aryl methyl sites for hydroxylation is 1. The molecule has 0 bridgehead atoms.